The van der Waals surface area contributed by atoms with Crippen molar-refractivity contribution in [2.24, 2.45) is 5.84 Å². The maximum atomic E-state index is 6.38. The number of benzene rings is 2. The highest BCUT2D eigenvalue weighted by atomic mass is 15.2. The van der Waals surface area contributed by atoms with Crippen molar-refractivity contribution in [2.75, 3.05) is 0 Å². The standard InChI is InChI=1S/C38H60N2/c1-14-15-16-29(17-36-32(25(6)7)18-30(23(2)3)19-33(36)26(8)9)38(40-39)22-37-34(27(10)11)20-31(24(4)5)21-35(37)28(12)13/h17-28,40H,14-16,39H2,1-13H3. The molecule has 0 radical (unpaired) electrons. The maximum absolute atomic E-state index is 6.38. The Bertz CT molecular complexity index is 1110. The van der Waals surface area contributed by atoms with Crippen LogP contribution in [-0.4, -0.2) is 0 Å². The number of rotatable bonds is 13. The van der Waals surface area contributed by atoms with E-state index < -0.39 is 0 Å². The van der Waals surface area contributed by atoms with E-state index in [0.29, 0.717) is 35.5 Å². The molecule has 0 aromatic heterocycles. The first-order chi connectivity index (χ1) is 18.7. The van der Waals surface area contributed by atoms with E-state index in [1.54, 1.807) is 0 Å². The lowest BCUT2D eigenvalue weighted by atomic mass is 9.82. The van der Waals surface area contributed by atoms with Gasteiger partial charge in [-0.25, -0.2) is 0 Å². The van der Waals surface area contributed by atoms with Gasteiger partial charge in [-0.3, -0.25) is 5.84 Å². The first kappa shape index (κ1) is 33.9. The van der Waals surface area contributed by atoms with Crippen LogP contribution >= 0.6 is 0 Å². The number of unbranched alkanes of at least 4 members (excludes halogenated alkanes) is 1. The predicted octanol–water partition coefficient (Wildman–Crippen LogP) is 11.5. The minimum absolute atomic E-state index is 0.424. The van der Waals surface area contributed by atoms with Gasteiger partial charge in [0.2, 0.25) is 0 Å². The Morgan fingerprint density at radius 2 is 0.950 bits per heavy atom. The Hall–Kier alpha value is -2.32. The molecule has 2 aromatic carbocycles. The quantitative estimate of drug-likeness (QED) is 0.149. The summed E-state index contributed by atoms with van der Waals surface area (Å²) in [5.74, 6) is 9.11. The lowest BCUT2D eigenvalue weighted by Gasteiger charge is -2.24. The van der Waals surface area contributed by atoms with Gasteiger partial charge in [-0.15, -0.1) is 0 Å². The summed E-state index contributed by atoms with van der Waals surface area (Å²) < 4.78 is 0. The van der Waals surface area contributed by atoms with Crippen LogP contribution in [0.3, 0.4) is 0 Å². The largest absolute Gasteiger partial charge is 0.324 e. The lowest BCUT2D eigenvalue weighted by molar-refractivity contribution is 0.770. The van der Waals surface area contributed by atoms with E-state index in [-0.39, 0.29) is 0 Å². The summed E-state index contributed by atoms with van der Waals surface area (Å²) in [6.45, 7) is 30.0. The van der Waals surface area contributed by atoms with Crippen LogP contribution in [0.5, 0.6) is 0 Å². The Balaban J connectivity index is 2.95. The van der Waals surface area contributed by atoms with Gasteiger partial charge in [0, 0.05) is 0 Å². The molecule has 0 aliphatic rings. The first-order valence-electron chi connectivity index (χ1n) is 16.0. The van der Waals surface area contributed by atoms with Gasteiger partial charge in [0.25, 0.3) is 0 Å². The van der Waals surface area contributed by atoms with Gasteiger partial charge < -0.3 is 5.43 Å². The van der Waals surface area contributed by atoms with Gasteiger partial charge in [-0.1, -0.05) is 121 Å². The van der Waals surface area contributed by atoms with Crippen LogP contribution in [0.4, 0.5) is 0 Å². The molecule has 0 aliphatic carbocycles. The van der Waals surface area contributed by atoms with E-state index in [2.05, 4.69) is 132 Å². The molecule has 2 aromatic rings. The van der Waals surface area contributed by atoms with Crippen molar-refractivity contribution < 1.29 is 0 Å². The molecule has 3 N–H and O–H groups in total. The Morgan fingerprint density at radius 1 is 0.600 bits per heavy atom. The topological polar surface area (TPSA) is 38.0 Å². The number of nitrogens with two attached hydrogens (primary N) is 1. The van der Waals surface area contributed by atoms with E-state index in [9.17, 15) is 0 Å². The molecule has 0 saturated heterocycles. The van der Waals surface area contributed by atoms with Gasteiger partial charge in [-0.05, 0) is 111 Å². The molecule has 0 amide bonds. The van der Waals surface area contributed by atoms with Gasteiger partial charge in [0.15, 0.2) is 0 Å². The van der Waals surface area contributed by atoms with Gasteiger partial charge >= 0.3 is 0 Å². The molecule has 0 unspecified atom stereocenters. The summed E-state index contributed by atoms with van der Waals surface area (Å²) in [6, 6.07) is 9.74. The average Bonchev–Trinajstić information content (AvgIpc) is 2.88. The van der Waals surface area contributed by atoms with Crippen molar-refractivity contribution in [3.63, 3.8) is 0 Å². The van der Waals surface area contributed by atoms with Crippen LogP contribution in [-0.2, 0) is 0 Å². The van der Waals surface area contributed by atoms with E-state index in [4.69, 9.17) is 5.84 Å². The van der Waals surface area contributed by atoms with E-state index in [1.807, 2.05) is 0 Å². The second-order valence-corrected chi connectivity index (χ2v) is 13.6. The van der Waals surface area contributed by atoms with Crippen molar-refractivity contribution in [1.82, 2.24) is 5.43 Å². The maximum Gasteiger partial charge on any atom is 0.0523 e. The zero-order valence-corrected chi connectivity index (χ0v) is 28.1. The summed E-state index contributed by atoms with van der Waals surface area (Å²) in [5.41, 5.74) is 16.7. The highest BCUT2D eigenvalue weighted by Crippen LogP contribution is 2.37. The fraction of sp³-hybridized carbons (Fsp3) is 0.579. The zero-order chi connectivity index (χ0) is 30.3. The van der Waals surface area contributed by atoms with Crippen LogP contribution in [0.15, 0.2) is 35.5 Å². The number of nitrogens with one attached hydrogen (secondary N) is 1. The minimum Gasteiger partial charge on any atom is -0.324 e. The molecule has 0 heterocycles. The van der Waals surface area contributed by atoms with Crippen molar-refractivity contribution >= 4 is 12.2 Å². The molecule has 222 valence electrons. The smallest absolute Gasteiger partial charge is 0.0523 e. The van der Waals surface area contributed by atoms with E-state index in [1.165, 1.54) is 50.1 Å². The zero-order valence-electron chi connectivity index (χ0n) is 28.1. The molecule has 0 bridgehead atoms. The monoisotopic (exact) mass is 544 g/mol. The summed E-state index contributed by atoms with van der Waals surface area (Å²) in [6.07, 6.45) is 8.08. The number of hydrogen-bond acceptors (Lipinski definition) is 2. The Morgan fingerprint density at radius 3 is 1.23 bits per heavy atom. The van der Waals surface area contributed by atoms with Gasteiger partial charge in [0.1, 0.15) is 0 Å². The first-order valence-corrected chi connectivity index (χ1v) is 16.0. The Kier molecular flexibility index (Phi) is 12.8. The molecule has 2 nitrogen and oxygen atoms in total. The number of hydrazine groups is 1. The lowest BCUT2D eigenvalue weighted by Crippen LogP contribution is -2.23. The SMILES string of the molecule is CCCCC(=Cc1c(C(C)C)cc(C(C)C)cc1C(C)C)C(=Cc1c(C(C)C)cc(C(C)C)cc1C(C)C)NN. The molecule has 2 heteroatoms. The summed E-state index contributed by atoms with van der Waals surface area (Å²) in [7, 11) is 0. The third-order valence-electron chi connectivity index (χ3n) is 8.26. The summed E-state index contributed by atoms with van der Waals surface area (Å²) >= 11 is 0. The third kappa shape index (κ3) is 8.35. The molecule has 0 saturated carbocycles. The average molecular weight is 545 g/mol. The molecular weight excluding hydrogens is 484 g/mol. The van der Waals surface area contributed by atoms with Crippen LogP contribution in [0.25, 0.3) is 12.2 Å². The second kappa shape index (κ2) is 15.1. The van der Waals surface area contributed by atoms with Crippen molar-refractivity contribution in [3.05, 3.63) is 80.0 Å². The third-order valence-corrected chi connectivity index (χ3v) is 8.26. The normalized spacial score (nSPS) is 13.2. The molecule has 0 spiro atoms. The molecular formula is C38H60N2. The van der Waals surface area contributed by atoms with Crippen LogP contribution < -0.4 is 11.3 Å². The molecule has 40 heavy (non-hydrogen) atoms. The number of hydrogen-bond donors (Lipinski definition) is 2. The highest BCUT2D eigenvalue weighted by molar-refractivity contribution is 5.72. The minimum atomic E-state index is 0.424. The number of allylic oxidation sites excluding steroid dienone is 1. The van der Waals surface area contributed by atoms with E-state index in [0.717, 1.165) is 25.0 Å². The molecule has 0 fully saturated rings. The highest BCUT2D eigenvalue weighted by Gasteiger charge is 2.20. The van der Waals surface area contributed by atoms with Crippen LogP contribution in [0.1, 0.15) is 189 Å². The fourth-order valence-corrected chi connectivity index (χ4v) is 5.55. The predicted molar refractivity (Wildman–Crippen MR) is 180 cm³/mol. The fourth-order valence-electron chi connectivity index (χ4n) is 5.55. The van der Waals surface area contributed by atoms with Crippen molar-refractivity contribution in [2.45, 2.75) is 145 Å². The second-order valence-electron chi connectivity index (χ2n) is 13.6. The Labute approximate surface area is 247 Å². The van der Waals surface area contributed by atoms with Crippen LogP contribution in [0, 0.1) is 0 Å². The van der Waals surface area contributed by atoms with Gasteiger partial charge in [0.05, 0.1) is 5.70 Å². The summed E-state index contributed by atoms with van der Waals surface area (Å²) in [5, 5.41) is 0. The van der Waals surface area contributed by atoms with Gasteiger partial charge in [-0.2, -0.15) is 0 Å². The molecule has 0 aliphatic heterocycles. The van der Waals surface area contributed by atoms with Crippen molar-refractivity contribution in [3.8, 4) is 0 Å². The van der Waals surface area contributed by atoms with Crippen molar-refractivity contribution in [1.29, 1.82) is 0 Å². The summed E-state index contributed by atoms with van der Waals surface area (Å²) in [4.78, 5) is 0. The van der Waals surface area contributed by atoms with Crippen LogP contribution in [0.2, 0.25) is 0 Å². The van der Waals surface area contributed by atoms with E-state index >= 15 is 0 Å². The molecule has 2 rings (SSSR count). The molecule has 0 atom stereocenters.